The molecule has 4 atom stereocenters. The van der Waals surface area contributed by atoms with Crippen LogP contribution in [-0.2, 0) is 4.74 Å². The molecule has 13 heavy (non-hydrogen) atoms. The highest BCUT2D eigenvalue weighted by atomic mass is 35.5. The van der Waals surface area contributed by atoms with Gasteiger partial charge in [0.15, 0.2) is 5.60 Å². The zero-order chi connectivity index (χ0) is 10.1. The van der Waals surface area contributed by atoms with Gasteiger partial charge in [0.05, 0.1) is 12.6 Å². The van der Waals surface area contributed by atoms with Crippen molar-refractivity contribution in [1.29, 1.82) is 0 Å². The Balaban J connectivity index is 2.90. The first-order valence-corrected chi connectivity index (χ1v) is 3.99. The quantitative estimate of drug-likeness (QED) is 0.345. The van der Waals surface area contributed by atoms with Crippen molar-refractivity contribution >= 4 is 19.4 Å². The summed E-state index contributed by atoms with van der Waals surface area (Å²) in [6.45, 7) is -0.443. The summed E-state index contributed by atoms with van der Waals surface area (Å²) in [6.07, 6.45) is -2.30. The van der Waals surface area contributed by atoms with Gasteiger partial charge >= 0.3 is 0 Å². The number of aliphatic hydroxyl groups excluding tert-OH is 2. The minimum Gasteiger partial charge on any atom is -0.394 e. The largest absolute Gasteiger partial charge is 0.394 e. The van der Waals surface area contributed by atoms with Crippen LogP contribution in [0.5, 0.6) is 0 Å². The Morgan fingerprint density at radius 2 is 2.23 bits per heavy atom. The Kier molecular flexibility index (Phi) is 3.22. The number of halogens is 1. The average molecular weight is 202 g/mol. The van der Waals surface area contributed by atoms with Crippen molar-refractivity contribution in [3.8, 4) is 11.3 Å². The summed E-state index contributed by atoms with van der Waals surface area (Å²) in [7, 11) is 5.35. The number of rotatable bonds is 1. The Morgan fingerprint density at radius 1 is 1.62 bits per heavy atom. The van der Waals surface area contributed by atoms with Crippen LogP contribution in [0.2, 0.25) is 0 Å². The van der Waals surface area contributed by atoms with E-state index in [1.165, 1.54) is 0 Å². The van der Waals surface area contributed by atoms with E-state index in [9.17, 15) is 10.2 Å². The molecule has 70 valence electrons. The molecule has 0 aromatic heterocycles. The molecule has 3 N–H and O–H groups in total. The van der Waals surface area contributed by atoms with Crippen molar-refractivity contribution in [2.75, 3.05) is 6.61 Å². The molecule has 0 bridgehead atoms. The molecule has 2 radical (unpaired) electrons. The molecule has 1 heterocycles. The number of hydrogen-bond acceptors (Lipinski definition) is 4. The third-order valence-electron chi connectivity index (χ3n) is 1.99. The Labute approximate surface area is 81.9 Å². The predicted molar refractivity (Wildman–Crippen MR) is 46.1 cm³/mol. The fraction of sp³-hybridized carbons (Fsp3) is 0.714. The highest BCUT2D eigenvalue weighted by molar-refractivity contribution is 6.30. The third kappa shape index (κ3) is 1.69. The zero-order valence-electron chi connectivity index (χ0n) is 6.64. The van der Waals surface area contributed by atoms with E-state index in [1.54, 1.807) is 0 Å². The van der Waals surface area contributed by atoms with Crippen molar-refractivity contribution in [2.24, 2.45) is 0 Å². The van der Waals surface area contributed by atoms with Crippen LogP contribution in [0.3, 0.4) is 0 Å². The van der Waals surface area contributed by atoms with Gasteiger partial charge in [-0.25, -0.2) is 0 Å². The molecule has 0 amide bonds. The molecule has 1 saturated heterocycles. The maximum atomic E-state index is 9.66. The molecule has 4 nitrogen and oxygen atoms in total. The minimum atomic E-state index is -1.91. The van der Waals surface area contributed by atoms with Gasteiger partial charge in [-0.1, -0.05) is 0 Å². The summed E-state index contributed by atoms with van der Waals surface area (Å²) in [5.41, 5.74) is -1.91. The van der Waals surface area contributed by atoms with Crippen molar-refractivity contribution in [2.45, 2.75) is 23.8 Å². The highest BCUT2D eigenvalue weighted by Gasteiger charge is 2.51. The summed E-state index contributed by atoms with van der Waals surface area (Å²) in [6, 6.07) is -1.18. The highest BCUT2D eigenvalue weighted by Crippen LogP contribution is 2.28. The van der Waals surface area contributed by atoms with Crippen LogP contribution >= 0.6 is 11.6 Å². The van der Waals surface area contributed by atoms with Gasteiger partial charge in [0, 0.05) is 5.38 Å². The van der Waals surface area contributed by atoms with E-state index in [2.05, 4.69) is 5.92 Å². The number of hydrogen-bond donors (Lipinski definition) is 3. The van der Waals surface area contributed by atoms with Crippen molar-refractivity contribution in [1.82, 2.24) is 0 Å². The Bertz CT molecular complexity index is 251. The molecule has 1 aliphatic heterocycles. The van der Waals surface area contributed by atoms with Crippen molar-refractivity contribution < 1.29 is 20.1 Å². The summed E-state index contributed by atoms with van der Waals surface area (Å²) < 4.78 is 4.86. The molecule has 1 aliphatic rings. The summed E-state index contributed by atoms with van der Waals surface area (Å²) in [5, 5.41) is 29.7. The molecule has 0 saturated carbocycles. The number of aliphatic hydroxyl groups is 3. The normalized spacial score (nSPS) is 44.2. The maximum Gasteiger partial charge on any atom is 0.172 e. The van der Waals surface area contributed by atoms with Gasteiger partial charge in [0.1, 0.15) is 20.1 Å². The topological polar surface area (TPSA) is 69.9 Å². The third-order valence-corrected chi connectivity index (χ3v) is 2.08. The molecule has 0 aromatic carbocycles. The second kappa shape index (κ2) is 3.87. The zero-order valence-corrected chi connectivity index (χ0v) is 7.40. The van der Waals surface area contributed by atoms with Crippen molar-refractivity contribution in [3.05, 3.63) is 0 Å². The molecule has 6 heteroatoms. The second-order valence-electron chi connectivity index (χ2n) is 2.77. The van der Waals surface area contributed by atoms with E-state index in [-0.39, 0.29) is 0 Å². The first kappa shape index (κ1) is 10.8. The van der Waals surface area contributed by atoms with Crippen LogP contribution in [0.25, 0.3) is 0 Å². The molecular weight excluding hydrogens is 194 g/mol. The van der Waals surface area contributed by atoms with Crippen LogP contribution in [0.4, 0.5) is 0 Å². The van der Waals surface area contributed by atoms with Gasteiger partial charge in [-0.2, -0.15) is 0 Å². The summed E-state index contributed by atoms with van der Waals surface area (Å²) in [5.74, 6) is 2.14. The maximum absolute atomic E-state index is 9.66. The second-order valence-corrected chi connectivity index (χ2v) is 2.96. The van der Waals surface area contributed by atoms with E-state index in [4.69, 9.17) is 29.3 Å². The first-order valence-electron chi connectivity index (χ1n) is 3.61. The van der Waals surface area contributed by atoms with Gasteiger partial charge in [-0.05, 0) is 17.5 Å². The smallest absolute Gasteiger partial charge is 0.172 e. The van der Waals surface area contributed by atoms with Gasteiger partial charge in [0.25, 0.3) is 0 Å². The van der Waals surface area contributed by atoms with E-state index in [0.717, 1.165) is 0 Å². The molecule has 0 spiro atoms. The van der Waals surface area contributed by atoms with E-state index in [1.807, 2.05) is 5.38 Å². The van der Waals surface area contributed by atoms with E-state index in [0.29, 0.717) is 0 Å². The fourth-order valence-corrected chi connectivity index (χ4v) is 1.33. The fourth-order valence-electron chi connectivity index (χ4n) is 1.18. The van der Waals surface area contributed by atoms with Crippen LogP contribution in [-0.4, -0.2) is 53.6 Å². The standard InChI is InChI=1S/C7H8BClO4/c8-6-7(12,1-2-9)5(11)4(3-10)13-6/h4-6,10-12H,3H2/t4-,5?,6-,7?/m1/s1. The van der Waals surface area contributed by atoms with Gasteiger partial charge in [0.2, 0.25) is 0 Å². The lowest BCUT2D eigenvalue weighted by atomic mass is 9.81. The molecule has 0 aromatic rings. The van der Waals surface area contributed by atoms with Crippen molar-refractivity contribution in [3.63, 3.8) is 0 Å². The number of ether oxygens (including phenoxy) is 1. The molecular formula is C7H8BClO4. The lowest BCUT2D eigenvalue weighted by Crippen LogP contribution is -2.47. The summed E-state index contributed by atoms with van der Waals surface area (Å²) >= 11 is 5.09. The Hall–Kier alpha value is -0.245. The van der Waals surface area contributed by atoms with E-state index < -0.39 is 30.4 Å². The Morgan fingerprint density at radius 3 is 2.62 bits per heavy atom. The van der Waals surface area contributed by atoms with Gasteiger partial charge < -0.3 is 20.1 Å². The molecule has 1 fully saturated rings. The minimum absolute atomic E-state index is 0.443. The van der Waals surface area contributed by atoms with E-state index >= 15 is 0 Å². The lowest BCUT2D eigenvalue weighted by Gasteiger charge is -2.23. The molecule has 2 unspecified atom stereocenters. The molecule has 0 aliphatic carbocycles. The van der Waals surface area contributed by atoms with Gasteiger partial charge in [-0.15, -0.1) is 0 Å². The predicted octanol–water partition coefficient (Wildman–Crippen LogP) is -1.84. The van der Waals surface area contributed by atoms with Crippen LogP contribution in [0.15, 0.2) is 0 Å². The van der Waals surface area contributed by atoms with Crippen LogP contribution in [0, 0.1) is 11.3 Å². The van der Waals surface area contributed by atoms with Gasteiger partial charge in [-0.3, -0.25) is 0 Å². The molecule has 1 rings (SSSR count). The SMILES string of the molecule is [B][C@@H]1O[C@H](CO)C(O)C1(O)C#CCl. The van der Waals surface area contributed by atoms with Crippen LogP contribution < -0.4 is 0 Å². The summed E-state index contributed by atoms with van der Waals surface area (Å²) in [4.78, 5) is 0. The first-order chi connectivity index (χ1) is 6.06. The van der Waals surface area contributed by atoms with Crippen LogP contribution in [0.1, 0.15) is 0 Å². The monoisotopic (exact) mass is 202 g/mol. The lowest BCUT2D eigenvalue weighted by molar-refractivity contribution is -0.0238. The average Bonchev–Trinajstić information content (AvgIpc) is 2.31.